The van der Waals surface area contributed by atoms with Crippen molar-refractivity contribution in [2.45, 2.75) is 6.42 Å². The van der Waals surface area contributed by atoms with E-state index in [0.29, 0.717) is 12.1 Å². The maximum atomic E-state index is 12.6. The third-order valence-corrected chi connectivity index (χ3v) is 4.48. The molecule has 0 aliphatic carbocycles. The highest BCUT2D eigenvalue weighted by Crippen LogP contribution is 2.20. The molecule has 0 radical (unpaired) electrons. The molecule has 0 aromatic heterocycles. The van der Waals surface area contributed by atoms with Crippen molar-refractivity contribution in [2.75, 3.05) is 16.8 Å². The van der Waals surface area contributed by atoms with Gasteiger partial charge in [-0.25, -0.2) is 12.8 Å². The monoisotopic (exact) mass is 257 g/mol. The van der Waals surface area contributed by atoms with Gasteiger partial charge in [-0.15, -0.1) is 0 Å². The van der Waals surface area contributed by atoms with Gasteiger partial charge in [-0.3, -0.25) is 4.79 Å². The fourth-order valence-corrected chi connectivity index (χ4v) is 3.52. The Kier molecular flexibility index (Phi) is 3.15. The smallest absolute Gasteiger partial charge is 0.228 e. The molecule has 1 N–H and O–H groups in total. The molecule has 1 aromatic carbocycles. The van der Waals surface area contributed by atoms with Gasteiger partial charge in [0, 0.05) is 5.69 Å². The first-order valence-corrected chi connectivity index (χ1v) is 7.05. The van der Waals surface area contributed by atoms with Crippen molar-refractivity contribution in [2.24, 2.45) is 5.92 Å². The molecule has 1 aromatic rings. The van der Waals surface area contributed by atoms with E-state index >= 15 is 0 Å². The average Bonchev–Trinajstić information content (AvgIpc) is 2.62. The number of rotatable bonds is 2. The van der Waals surface area contributed by atoms with Crippen molar-refractivity contribution in [1.29, 1.82) is 0 Å². The van der Waals surface area contributed by atoms with Crippen LogP contribution in [0, 0.1) is 11.7 Å². The fraction of sp³-hybridized carbons (Fsp3) is 0.364. The molecule has 4 nitrogen and oxygen atoms in total. The Labute approximate surface area is 98.8 Å². The number of sulfone groups is 1. The van der Waals surface area contributed by atoms with Crippen LogP contribution in [0.25, 0.3) is 0 Å². The summed E-state index contributed by atoms with van der Waals surface area (Å²) in [6.45, 7) is 0. The second-order valence-electron chi connectivity index (χ2n) is 4.10. The zero-order valence-corrected chi connectivity index (χ0v) is 9.84. The maximum Gasteiger partial charge on any atom is 0.228 e. The van der Waals surface area contributed by atoms with Crippen LogP contribution in [0.4, 0.5) is 10.1 Å². The van der Waals surface area contributed by atoms with Crippen molar-refractivity contribution >= 4 is 21.4 Å². The van der Waals surface area contributed by atoms with Gasteiger partial charge in [-0.05, 0) is 30.7 Å². The molecule has 1 saturated heterocycles. The second kappa shape index (κ2) is 4.44. The lowest BCUT2D eigenvalue weighted by atomic mass is 10.1. The Morgan fingerprint density at radius 1 is 1.29 bits per heavy atom. The normalized spacial score (nSPS) is 22.3. The average molecular weight is 257 g/mol. The standard InChI is InChI=1S/C11H12FNO3S/c12-9-1-3-10(4-2-9)13-11(14)8-5-6-17(15,16)7-8/h1-4,8H,5-7H2,(H,13,14)/t8-/m0/s1. The quantitative estimate of drug-likeness (QED) is 0.865. The van der Waals surface area contributed by atoms with E-state index < -0.39 is 15.8 Å². The van der Waals surface area contributed by atoms with E-state index in [1.54, 1.807) is 0 Å². The van der Waals surface area contributed by atoms with Crippen molar-refractivity contribution in [3.63, 3.8) is 0 Å². The molecule has 1 aliphatic rings. The first-order chi connectivity index (χ1) is 7.96. The minimum atomic E-state index is -3.06. The third-order valence-electron chi connectivity index (χ3n) is 2.71. The highest BCUT2D eigenvalue weighted by Gasteiger charge is 2.32. The van der Waals surface area contributed by atoms with Gasteiger partial charge in [0.05, 0.1) is 17.4 Å². The van der Waals surface area contributed by atoms with E-state index in [1.165, 1.54) is 24.3 Å². The van der Waals surface area contributed by atoms with E-state index in [2.05, 4.69) is 5.32 Å². The Morgan fingerprint density at radius 3 is 2.47 bits per heavy atom. The van der Waals surface area contributed by atoms with Crippen molar-refractivity contribution in [3.05, 3.63) is 30.1 Å². The molecule has 17 heavy (non-hydrogen) atoms. The molecule has 6 heteroatoms. The summed E-state index contributed by atoms with van der Waals surface area (Å²) in [4.78, 5) is 11.7. The summed E-state index contributed by atoms with van der Waals surface area (Å²) < 4.78 is 35.1. The Bertz CT molecular complexity index is 524. The number of hydrogen-bond acceptors (Lipinski definition) is 3. The summed E-state index contributed by atoms with van der Waals surface area (Å²) in [6.07, 6.45) is 0.357. The first kappa shape index (κ1) is 12.0. The number of anilines is 1. The van der Waals surface area contributed by atoms with Crippen LogP contribution < -0.4 is 5.32 Å². The van der Waals surface area contributed by atoms with Crippen LogP contribution in [0.15, 0.2) is 24.3 Å². The number of carbonyl (C=O) groups is 1. The molecule has 2 rings (SSSR count). The van der Waals surface area contributed by atoms with Gasteiger partial charge in [0.1, 0.15) is 5.82 Å². The zero-order valence-electron chi connectivity index (χ0n) is 9.02. The lowest BCUT2D eigenvalue weighted by Crippen LogP contribution is -2.23. The number of amides is 1. The SMILES string of the molecule is O=C(Nc1ccc(F)cc1)[C@H]1CCS(=O)(=O)C1. The van der Waals surface area contributed by atoms with Crippen molar-refractivity contribution in [3.8, 4) is 0 Å². The predicted octanol–water partition coefficient (Wildman–Crippen LogP) is 1.20. The molecule has 1 fully saturated rings. The summed E-state index contributed by atoms with van der Waals surface area (Å²) in [5.74, 6) is -1.23. The molecule has 1 heterocycles. The number of nitrogens with one attached hydrogen (secondary N) is 1. The molecule has 1 aliphatic heterocycles. The summed E-state index contributed by atoms with van der Waals surface area (Å²) in [5.41, 5.74) is 0.473. The van der Waals surface area contributed by atoms with Crippen molar-refractivity contribution in [1.82, 2.24) is 0 Å². The minimum Gasteiger partial charge on any atom is -0.326 e. The molecule has 0 bridgehead atoms. The molecule has 92 valence electrons. The van der Waals surface area contributed by atoms with E-state index in [-0.39, 0.29) is 23.2 Å². The van der Waals surface area contributed by atoms with Crippen LogP contribution in [-0.2, 0) is 14.6 Å². The highest BCUT2D eigenvalue weighted by atomic mass is 32.2. The van der Waals surface area contributed by atoms with Gasteiger partial charge < -0.3 is 5.32 Å². The van der Waals surface area contributed by atoms with Gasteiger partial charge in [0.2, 0.25) is 5.91 Å². The van der Waals surface area contributed by atoms with Crippen LogP contribution >= 0.6 is 0 Å². The van der Waals surface area contributed by atoms with E-state index in [1.807, 2.05) is 0 Å². The van der Waals surface area contributed by atoms with E-state index in [9.17, 15) is 17.6 Å². The summed E-state index contributed by atoms with van der Waals surface area (Å²) in [7, 11) is -3.06. The highest BCUT2D eigenvalue weighted by molar-refractivity contribution is 7.91. The first-order valence-electron chi connectivity index (χ1n) is 5.23. The summed E-state index contributed by atoms with van der Waals surface area (Å²) in [5, 5.41) is 2.58. The molecule has 1 atom stereocenters. The number of carbonyl (C=O) groups excluding carboxylic acids is 1. The van der Waals surface area contributed by atoms with Gasteiger partial charge in [-0.1, -0.05) is 0 Å². The van der Waals surface area contributed by atoms with Crippen LogP contribution in [0.5, 0.6) is 0 Å². The Hall–Kier alpha value is -1.43. The second-order valence-corrected chi connectivity index (χ2v) is 6.32. The lowest BCUT2D eigenvalue weighted by Gasteiger charge is -2.09. The molecule has 0 unspecified atom stereocenters. The Morgan fingerprint density at radius 2 is 1.94 bits per heavy atom. The molecule has 1 amide bonds. The summed E-state index contributed by atoms with van der Waals surface area (Å²) in [6, 6.07) is 5.36. The zero-order chi connectivity index (χ0) is 12.5. The molecular formula is C11H12FNO3S. The largest absolute Gasteiger partial charge is 0.326 e. The molecular weight excluding hydrogens is 245 g/mol. The van der Waals surface area contributed by atoms with Gasteiger partial charge in [-0.2, -0.15) is 0 Å². The van der Waals surface area contributed by atoms with Crippen LogP contribution in [-0.4, -0.2) is 25.8 Å². The number of halogens is 1. The van der Waals surface area contributed by atoms with Gasteiger partial charge >= 0.3 is 0 Å². The Balaban J connectivity index is 2.01. The van der Waals surface area contributed by atoms with Crippen LogP contribution in [0.3, 0.4) is 0 Å². The third kappa shape index (κ3) is 3.03. The van der Waals surface area contributed by atoms with Crippen LogP contribution in [0.1, 0.15) is 6.42 Å². The topological polar surface area (TPSA) is 63.2 Å². The predicted molar refractivity (Wildman–Crippen MR) is 61.8 cm³/mol. The van der Waals surface area contributed by atoms with E-state index in [0.717, 1.165) is 0 Å². The molecule has 0 saturated carbocycles. The fourth-order valence-electron chi connectivity index (χ4n) is 1.78. The maximum absolute atomic E-state index is 12.6. The van der Waals surface area contributed by atoms with Gasteiger partial charge in [0.25, 0.3) is 0 Å². The number of hydrogen-bond donors (Lipinski definition) is 1. The van der Waals surface area contributed by atoms with Crippen LogP contribution in [0.2, 0.25) is 0 Å². The summed E-state index contributed by atoms with van der Waals surface area (Å²) >= 11 is 0. The number of benzene rings is 1. The van der Waals surface area contributed by atoms with Crippen molar-refractivity contribution < 1.29 is 17.6 Å². The lowest BCUT2D eigenvalue weighted by molar-refractivity contribution is -0.119. The van der Waals surface area contributed by atoms with Gasteiger partial charge in [0.15, 0.2) is 9.84 Å². The molecule has 0 spiro atoms. The minimum absolute atomic E-state index is 0.0640. The van der Waals surface area contributed by atoms with E-state index in [4.69, 9.17) is 0 Å².